The highest BCUT2D eigenvalue weighted by Crippen LogP contribution is 2.38. The summed E-state index contributed by atoms with van der Waals surface area (Å²) in [6, 6.07) is 11.3. The summed E-state index contributed by atoms with van der Waals surface area (Å²) in [7, 11) is 3.01. The van der Waals surface area contributed by atoms with Crippen LogP contribution in [-0.2, 0) is 23.1 Å². The second-order valence-corrected chi connectivity index (χ2v) is 13.6. The van der Waals surface area contributed by atoms with Crippen molar-refractivity contribution < 1.29 is 37.4 Å². The second-order valence-electron chi connectivity index (χ2n) is 12.6. The van der Waals surface area contributed by atoms with Crippen LogP contribution in [-0.4, -0.2) is 64.7 Å². The third-order valence-corrected chi connectivity index (χ3v) is 8.63. The molecule has 1 fully saturated rings. The van der Waals surface area contributed by atoms with Crippen molar-refractivity contribution in [2.45, 2.75) is 58.3 Å². The third kappa shape index (κ3) is 9.05. The molecular weight excluding hydrogens is 672 g/mol. The first-order chi connectivity index (χ1) is 23.8. The van der Waals surface area contributed by atoms with Crippen LogP contribution in [0, 0.1) is 11.6 Å². The molecule has 13 nitrogen and oxygen atoms in total. The van der Waals surface area contributed by atoms with Gasteiger partial charge in [0.2, 0.25) is 0 Å². The number of benzene rings is 2. The fourth-order valence-corrected chi connectivity index (χ4v) is 6.39. The Labute approximate surface area is 291 Å². The lowest BCUT2D eigenvalue weighted by Crippen LogP contribution is -2.36. The molecule has 2 aromatic carbocycles. The molecule has 1 saturated heterocycles. The Hall–Kier alpha value is -5.25. The van der Waals surface area contributed by atoms with Crippen LogP contribution in [0.2, 0.25) is 0 Å². The maximum absolute atomic E-state index is 15.0. The van der Waals surface area contributed by atoms with Crippen LogP contribution >= 0.6 is 11.3 Å². The summed E-state index contributed by atoms with van der Waals surface area (Å²) in [6.07, 6.45) is 2.17. The van der Waals surface area contributed by atoms with E-state index >= 15 is 8.78 Å². The van der Waals surface area contributed by atoms with Gasteiger partial charge in [0.25, 0.3) is 5.91 Å². The molecule has 1 unspecified atom stereocenters. The summed E-state index contributed by atoms with van der Waals surface area (Å²) < 4.78 is 47.4. The van der Waals surface area contributed by atoms with E-state index in [1.165, 1.54) is 13.3 Å². The molecule has 16 heteroatoms. The van der Waals surface area contributed by atoms with Crippen LogP contribution in [0.25, 0.3) is 10.6 Å². The van der Waals surface area contributed by atoms with E-state index in [1.807, 2.05) is 35.2 Å². The third-order valence-electron chi connectivity index (χ3n) is 7.64. The number of anilines is 3. The summed E-state index contributed by atoms with van der Waals surface area (Å²) in [4.78, 5) is 45.3. The van der Waals surface area contributed by atoms with Crippen LogP contribution in [0.5, 0.6) is 5.75 Å². The minimum atomic E-state index is -0.959. The molecule has 0 aliphatic carbocycles. The highest BCUT2D eigenvalue weighted by molar-refractivity contribution is 7.19. The van der Waals surface area contributed by atoms with Gasteiger partial charge in [-0.2, -0.15) is 5.10 Å². The SMILES string of the molecule is COc1cc(F)c(-c2nc(C(=O)Nc3cnn(C)c3N3CCCC(NC(=O)OCc4ccccc4)CC3)c(NC(=O)OC(C)(C)C)s2)c(F)c1. The molecule has 0 spiro atoms. The van der Waals surface area contributed by atoms with E-state index in [0.717, 1.165) is 30.5 Å². The van der Waals surface area contributed by atoms with Crippen molar-refractivity contribution in [1.82, 2.24) is 20.1 Å². The summed E-state index contributed by atoms with van der Waals surface area (Å²) in [5.74, 6) is -2.10. The van der Waals surface area contributed by atoms with Gasteiger partial charge in [0.05, 0.1) is 18.9 Å². The zero-order valence-electron chi connectivity index (χ0n) is 28.3. The highest BCUT2D eigenvalue weighted by Gasteiger charge is 2.29. The van der Waals surface area contributed by atoms with Gasteiger partial charge >= 0.3 is 12.2 Å². The van der Waals surface area contributed by atoms with Gasteiger partial charge in [-0.3, -0.25) is 14.8 Å². The first kappa shape index (κ1) is 36.0. The smallest absolute Gasteiger partial charge is 0.412 e. The molecule has 0 radical (unpaired) electrons. The first-order valence-electron chi connectivity index (χ1n) is 15.9. The molecular formula is C34H39F2N7O6S. The van der Waals surface area contributed by atoms with Gasteiger partial charge in [-0.15, -0.1) is 0 Å². The minimum Gasteiger partial charge on any atom is -0.497 e. The normalized spacial score (nSPS) is 14.8. The number of methoxy groups -OCH3 is 1. The number of amides is 3. The average molecular weight is 712 g/mol. The lowest BCUT2D eigenvalue weighted by molar-refractivity contribution is 0.0636. The zero-order valence-corrected chi connectivity index (χ0v) is 29.2. The van der Waals surface area contributed by atoms with Crippen molar-refractivity contribution in [1.29, 1.82) is 0 Å². The lowest BCUT2D eigenvalue weighted by Gasteiger charge is -2.24. The zero-order chi connectivity index (χ0) is 36.0. The van der Waals surface area contributed by atoms with Crippen molar-refractivity contribution in [2.24, 2.45) is 7.05 Å². The molecule has 5 rings (SSSR count). The number of thiazole rings is 1. The molecule has 1 aliphatic rings. The van der Waals surface area contributed by atoms with E-state index in [9.17, 15) is 14.4 Å². The largest absolute Gasteiger partial charge is 0.497 e. The fourth-order valence-electron chi connectivity index (χ4n) is 5.39. The molecule has 1 atom stereocenters. The molecule has 266 valence electrons. The Morgan fingerprint density at radius 2 is 1.74 bits per heavy atom. The lowest BCUT2D eigenvalue weighted by atomic mass is 10.1. The molecule has 3 N–H and O–H groups in total. The van der Waals surface area contributed by atoms with E-state index in [4.69, 9.17) is 14.2 Å². The fraction of sp³-hybridized carbons (Fsp3) is 0.382. The Kier molecular flexibility index (Phi) is 11.2. The van der Waals surface area contributed by atoms with Crippen LogP contribution in [0.1, 0.15) is 56.1 Å². The highest BCUT2D eigenvalue weighted by atomic mass is 32.1. The number of aromatic nitrogens is 3. The number of halogens is 2. The molecule has 1 aliphatic heterocycles. The quantitative estimate of drug-likeness (QED) is 0.172. The van der Waals surface area contributed by atoms with Crippen molar-refractivity contribution in [2.75, 3.05) is 35.7 Å². The van der Waals surface area contributed by atoms with Gasteiger partial charge in [-0.1, -0.05) is 41.7 Å². The summed E-state index contributed by atoms with van der Waals surface area (Å²) in [5.41, 5.74) is -0.383. The molecule has 3 amide bonds. The van der Waals surface area contributed by atoms with Gasteiger partial charge in [-0.25, -0.2) is 23.4 Å². The van der Waals surface area contributed by atoms with Crippen molar-refractivity contribution in [3.8, 4) is 16.3 Å². The molecule has 4 aromatic rings. The van der Waals surface area contributed by atoms with Crippen LogP contribution in [0.4, 0.5) is 34.9 Å². The number of alkyl carbamates (subject to hydrolysis) is 1. The van der Waals surface area contributed by atoms with Crippen LogP contribution < -0.4 is 25.6 Å². The van der Waals surface area contributed by atoms with Gasteiger partial charge in [0.1, 0.15) is 45.3 Å². The monoisotopic (exact) mass is 711 g/mol. The second kappa shape index (κ2) is 15.5. The molecule has 2 aromatic heterocycles. The minimum absolute atomic E-state index is 0.0342. The number of hydrogen-bond acceptors (Lipinski definition) is 10. The Morgan fingerprint density at radius 1 is 1.02 bits per heavy atom. The van der Waals surface area contributed by atoms with E-state index in [0.29, 0.717) is 42.4 Å². The predicted molar refractivity (Wildman–Crippen MR) is 185 cm³/mol. The maximum Gasteiger partial charge on any atom is 0.412 e. The van der Waals surface area contributed by atoms with Gasteiger partial charge < -0.3 is 29.7 Å². The van der Waals surface area contributed by atoms with Gasteiger partial charge in [0, 0.05) is 38.3 Å². The molecule has 3 heterocycles. The molecule has 0 saturated carbocycles. The van der Waals surface area contributed by atoms with Gasteiger partial charge in [0.15, 0.2) is 11.5 Å². The Bertz CT molecular complexity index is 1820. The number of carbonyl (C=O) groups is 3. The summed E-state index contributed by atoms with van der Waals surface area (Å²) in [6.45, 7) is 6.33. The van der Waals surface area contributed by atoms with Crippen LogP contribution in [0.15, 0.2) is 48.7 Å². The maximum atomic E-state index is 15.0. The standard InChI is InChI=1S/C34H39F2N7O6S/c1-34(2,3)49-33(46)41-30-27(40-29(50-30)26-23(35)16-22(47-5)17-24(26)36)28(44)39-25-18-37-42(4)31(25)43-14-9-12-21(13-15-43)38-32(45)48-19-20-10-7-6-8-11-20/h6-8,10-11,16-18,21H,9,12-15,19H2,1-5H3,(H,38,45)(H,39,44)(H,41,46). The number of carbonyl (C=O) groups excluding carboxylic acids is 3. The summed E-state index contributed by atoms with van der Waals surface area (Å²) >= 11 is 0.714. The van der Waals surface area contributed by atoms with E-state index in [-0.39, 0.29) is 34.1 Å². The number of hydrogen-bond donors (Lipinski definition) is 3. The Balaban J connectivity index is 1.32. The Morgan fingerprint density at radius 3 is 2.42 bits per heavy atom. The van der Waals surface area contributed by atoms with Crippen molar-refractivity contribution in [3.05, 3.63) is 71.6 Å². The number of aryl methyl sites for hydroxylation is 1. The average Bonchev–Trinajstić information content (AvgIpc) is 3.54. The number of ether oxygens (including phenoxy) is 3. The first-order valence-corrected chi connectivity index (χ1v) is 16.7. The van der Waals surface area contributed by atoms with E-state index < -0.39 is 40.9 Å². The van der Waals surface area contributed by atoms with E-state index in [1.54, 1.807) is 32.5 Å². The van der Waals surface area contributed by atoms with Gasteiger partial charge in [-0.05, 0) is 45.6 Å². The summed E-state index contributed by atoms with van der Waals surface area (Å²) in [5, 5.41) is 12.4. The predicted octanol–water partition coefficient (Wildman–Crippen LogP) is 6.72. The van der Waals surface area contributed by atoms with E-state index in [2.05, 4.69) is 26.0 Å². The molecule has 50 heavy (non-hydrogen) atoms. The molecule has 0 bridgehead atoms. The van der Waals surface area contributed by atoms with Crippen molar-refractivity contribution in [3.63, 3.8) is 0 Å². The van der Waals surface area contributed by atoms with Crippen molar-refractivity contribution >= 4 is 45.9 Å². The van der Waals surface area contributed by atoms with Crippen LogP contribution in [0.3, 0.4) is 0 Å². The number of rotatable bonds is 9. The number of nitrogens with zero attached hydrogens (tertiary/aromatic N) is 4. The topological polar surface area (TPSA) is 149 Å². The number of nitrogens with one attached hydrogen (secondary N) is 3.